The first-order valence-electron chi connectivity index (χ1n) is 12.1. The van der Waals surface area contributed by atoms with Crippen LogP contribution in [0.25, 0.3) is 0 Å². The molecule has 2 fully saturated rings. The van der Waals surface area contributed by atoms with E-state index in [-0.39, 0.29) is 17.7 Å². The predicted molar refractivity (Wildman–Crippen MR) is 126 cm³/mol. The van der Waals surface area contributed by atoms with Crippen LogP contribution in [0.1, 0.15) is 47.7 Å². The molecule has 1 amide bonds. The van der Waals surface area contributed by atoms with E-state index >= 15 is 0 Å². The molecule has 2 saturated carbocycles. The maximum atomic E-state index is 14.0. The number of ketones is 4. The number of nitrogens with two attached hydrogens (primary N) is 1. The number of hydrogen-bond donors (Lipinski definition) is 3. The van der Waals surface area contributed by atoms with Crippen molar-refractivity contribution >= 4 is 35.0 Å². The normalized spacial score (nSPS) is 35.1. The number of phenolic OH excluding ortho intramolecular Hbond substituents is 1. The van der Waals surface area contributed by atoms with E-state index in [0.29, 0.717) is 11.1 Å². The molecule has 4 N–H and O–H groups in total. The summed E-state index contributed by atoms with van der Waals surface area (Å²) in [6.45, 7) is 4.95. The van der Waals surface area contributed by atoms with Crippen LogP contribution in [-0.4, -0.2) is 82.0 Å². The number of phenols is 1. The Morgan fingerprint density at radius 2 is 1.76 bits per heavy atom. The quantitative estimate of drug-likeness (QED) is 0.355. The molecule has 0 bridgehead atoms. The minimum atomic E-state index is -3.02. The molecule has 37 heavy (non-hydrogen) atoms. The molecule has 4 rings (SSSR count). The minimum absolute atomic E-state index is 0.0931. The summed E-state index contributed by atoms with van der Waals surface area (Å²) in [7, 11) is 2.91. The summed E-state index contributed by atoms with van der Waals surface area (Å²) < 4.78 is 5.76. The van der Waals surface area contributed by atoms with E-state index < -0.39 is 82.3 Å². The molecule has 11 heteroatoms. The number of rotatable bonds is 4. The number of benzene rings is 1. The fourth-order valence-electron chi connectivity index (χ4n) is 6.64. The number of amides is 1. The van der Waals surface area contributed by atoms with Gasteiger partial charge in [-0.25, -0.2) is 0 Å². The highest BCUT2D eigenvalue weighted by Crippen LogP contribution is 2.55. The summed E-state index contributed by atoms with van der Waals surface area (Å²) in [5.74, 6) is -14.0. The molecule has 8 atom stereocenters. The summed E-state index contributed by atoms with van der Waals surface area (Å²) in [5.41, 5.74) is 3.32. The number of carbonyl (C=O) groups excluding carboxylic acids is 6. The molecule has 0 saturated heterocycles. The smallest absolute Gasteiger partial charge is 0.305 e. The van der Waals surface area contributed by atoms with Gasteiger partial charge in [0, 0.05) is 12.3 Å². The van der Waals surface area contributed by atoms with E-state index in [4.69, 9.17) is 10.5 Å². The van der Waals surface area contributed by atoms with Gasteiger partial charge in [0.2, 0.25) is 5.91 Å². The van der Waals surface area contributed by atoms with Gasteiger partial charge in [-0.05, 0) is 44.1 Å². The van der Waals surface area contributed by atoms with Crippen molar-refractivity contribution in [3.8, 4) is 5.75 Å². The lowest BCUT2D eigenvalue weighted by molar-refractivity contribution is -0.205. The third-order valence-electron chi connectivity index (χ3n) is 8.21. The van der Waals surface area contributed by atoms with Crippen LogP contribution in [-0.2, 0) is 28.7 Å². The van der Waals surface area contributed by atoms with Gasteiger partial charge >= 0.3 is 5.97 Å². The summed E-state index contributed by atoms with van der Waals surface area (Å²) in [6.07, 6.45) is -1.52. The molecule has 198 valence electrons. The molecule has 0 radical (unpaired) electrons. The second-order valence-corrected chi connectivity index (χ2v) is 10.4. The summed E-state index contributed by atoms with van der Waals surface area (Å²) in [4.78, 5) is 80.9. The first-order valence-corrected chi connectivity index (χ1v) is 12.1. The predicted octanol–water partition coefficient (Wildman–Crippen LogP) is -0.332. The number of likely N-dealkylation sites (N-methyl/N-ethyl adjacent to an activating group) is 1. The Morgan fingerprint density at radius 3 is 2.30 bits per heavy atom. The molecular formula is C26H30N2O9. The van der Waals surface area contributed by atoms with Crippen molar-refractivity contribution in [2.45, 2.75) is 50.9 Å². The SMILES string of the molecule is CCC(=O)O[C@@H]1[C@@H]2C(C(=O)c3c(O)ccc(C)c3[C@H]2C)C(=O)[C@@]2(O)C(=O)C(C(N)=O)C(=O)[C@H](N(C)C)[C@@H]12. The first-order chi connectivity index (χ1) is 17.2. The number of esters is 1. The van der Waals surface area contributed by atoms with Crippen LogP contribution in [0.4, 0.5) is 0 Å². The Balaban J connectivity index is 2.05. The van der Waals surface area contributed by atoms with Crippen LogP contribution < -0.4 is 5.73 Å². The van der Waals surface area contributed by atoms with Gasteiger partial charge in [0.1, 0.15) is 11.9 Å². The maximum Gasteiger partial charge on any atom is 0.305 e. The van der Waals surface area contributed by atoms with Crippen LogP contribution in [0.2, 0.25) is 0 Å². The number of ether oxygens (including phenoxy) is 1. The molecule has 0 spiro atoms. The van der Waals surface area contributed by atoms with Crippen molar-refractivity contribution < 1.29 is 43.7 Å². The van der Waals surface area contributed by atoms with Gasteiger partial charge in [-0.15, -0.1) is 0 Å². The fourth-order valence-corrected chi connectivity index (χ4v) is 6.64. The van der Waals surface area contributed by atoms with E-state index in [1.54, 1.807) is 19.9 Å². The standard InChI is InChI=1S/C26H30N2O9/c1-6-12(30)37-22-14-10(3)13-9(2)7-8-11(29)15(13)20(31)16(14)23(33)26(36)18(22)19(28(4)5)21(32)17(24(26)34)25(27)35/h7-8,10,14,16-19,22,29,36H,6H2,1-5H3,(H2,27,35)/t10-,14+,16?,17?,18+,19-,22-,26-/m1/s1. The Bertz CT molecular complexity index is 1250. The van der Waals surface area contributed by atoms with Gasteiger partial charge in [0.15, 0.2) is 34.7 Å². The molecular weight excluding hydrogens is 484 g/mol. The van der Waals surface area contributed by atoms with Crippen molar-refractivity contribution in [3.05, 3.63) is 28.8 Å². The van der Waals surface area contributed by atoms with Crippen molar-refractivity contribution in [3.63, 3.8) is 0 Å². The molecule has 11 nitrogen and oxygen atoms in total. The van der Waals surface area contributed by atoms with Gasteiger partial charge in [-0.2, -0.15) is 0 Å². The highest BCUT2D eigenvalue weighted by molar-refractivity contribution is 6.32. The zero-order valence-electron chi connectivity index (χ0n) is 21.2. The Labute approximate surface area is 212 Å². The molecule has 0 aromatic heterocycles. The number of hydrogen-bond acceptors (Lipinski definition) is 10. The number of fused-ring (bicyclic) bond motifs is 3. The molecule has 2 unspecified atom stereocenters. The Hall–Kier alpha value is -3.44. The third-order valence-corrected chi connectivity index (χ3v) is 8.21. The molecule has 0 aliphatic heterocycles. The number of nitrogens with zero attached hydrogens (tertiary/aromatic N) is 1. The van der Waals surface area contributed by atoms with Crippen LogP contribution in [0.5, 0.6) is 5.75 Å². The molecule has 1 aromatic rings. The second-order valence-electron chi connectivity index (χ2n) is 10.4. The zero-order chi connectivity index (χ0) is 27.7. The lowest BCUT2D eigenvalue weighted by Gasteiger charge is -2.56. The van der Waals surface area contributed by atoms with E-state index in [1.807, 2.05) is 0 Å². The monoisotopic (exact) mass is 514 g/mol. The first kappa shape index (κ1) is 26.6. The summed E-state index contributed by atoms with van der Waals surface area (Å²) >= 11 is 0. The average molecular weight is 515 g/mol. The van der Waals surface area contributed by atoms with Crippen molar-refractivity contribution in [2.75, 3.05) is 14.1 Å². The fraction of sp³-hybridized carbons (Fsp3) is 0.538. The second kappa shape index (κ2) is 8.84. The summed E-state index contributed by atoms with van der Waals surface area (Å²) in [5, 5.41) is 22.4. The molecule has 0 heterocycles. The van der Waals surface area contributed by atoms with Crippen molar-refractivity contribution in [1.29, 1.82) is 0 Å². The molecule has 3 aliphatic rings. The topological polar surface area (TPSA) is 181 Å². The van der Waals surface area contributed by atoms with Crippen LogP contribution >= 0.6 is 0 Å². The van der Waals surface area contributed by atoms with Gasteiger partial charge in [0.05, 0.1) is 23.4 Å². The zero-order valence-corrected chi connectivity index (χ0v) is 21.2. The van der Waals surface area contributed by atoms with Gasteiger partial charge < -0.3 is 20.7 Å². The highest BCUT2D eigenvalue weighted by Gasteiger charge is 2.74. The molecule has 3 aliphatic carbocycles. The summed E-state index contributed by atoms with van der Waals surface area (Å²) in [6, 6.07) is 1.52. The minimum Gasteiger partial charge on any atom is -0.507 e. The Morgan fingerprint density at radius 1 is 1.14 bits per heavy atom. The van der Waals surface area contributed by atoms with Gasteiger partial charge in [-0.3, -0.25) is 33.7 Å². The number of aliphatic hydroxyl groups is 1. The Kier molecular flexibility index (Phi) is 6.36. The number of aromatic hydroxyl groups is 1. The number of aryl methyl sites for hydroxylation is 1. The van der Waals surface area contributed by atoms with Crippen LogP contribution in [0.15, 0.2) is 12.1 Å². The lowest BCUT2D eigenvalue weighted by atomic mass is 9.49. The van der Waals surface area contributed by atoms with Crippen molar-refractivity contribution in [2.24, 2.45) is 29.4 Å². The third kappa shape index (κ3) is 3.47. The van der Waals surface area contributed by atoms with E-state index in [1.165, 1.54) is 32.0 Å². The van der Waals surface area contributed by atoms with Crippen LogP contribution in [0, 0.1) is 30.6 Å². The van der Waals surface area contributed by atoms with Gasteiger partial charge in [0.25, 0.3) is 0 Å². The lowest BCUT2D eigenvalue weighted by Crippen LogP contribution is -2.78. The van der Waals surface area contributed by atoms with Crippen molar-refractivity contribution in [1.82, 2.24) is 4.90 Å². The average Bonchev–Trinajstić information content (AvgIpc) is 2.81. The number of carbonyl (C=O) groups is 6. The van der Waals surface area contributed by atoms with Gasteiger partial charge in [-0.1, -0.05) is 19.9 Å². The highest BCUT2D eigenvalue weighted by atomic mass is 16.5. The van der Waals surface area contributed by atoms with E-state index in [2.05, 4.69) is 0 Å². The number of primary amides is 1. The van der Waals surface area contributed by atoms with Crippen LogP contribution in [0.3, 0.4) is 0 Å². The largest absolute Gasteiger partial charge is 0.507 e. The molecule has 1 aromatic carbocycles. The maximum absolute atomic E-state index is 14.0. The van der Waals surface area contributed by atoms with E-state index in [9.17, 15) is 39.0 Å². The number of Topliss-reactive ketones (excluding diaryl/α,β-unsaturated/α-hetero) is 4. The van der Waals surface area contributed by atoms with E-state index in [0.717, 1.165) is 0 Å².